The van der Waals surface area contributed by atoms with E-state index in [4.69, 9.17) is 4.74 Å². The van der Waals surface area contributed by atoms with Crippen molar-refractivity contribution in [3.63, 3.8) is 0 Å². The summed E-state index contributed by atoms with van der Waals surface area (Å²) in [5.74, 6) is 0.837. The molecule has 0 saturated carbocycles. The minimum Gasteiger partial charge on any atom is -0.378 e. The van der Waals surface area contributed by atoms with E-state index in [2.05, 4.69) is 26.1 Å². The highest BCUT2D eigenvalue weighted by Gasteiger charge is 2.27. The van der Waals surface area contributed by atoms with Gasteiger partial charge in [0.25, 0.3) is 0 Å². The van der Waals surface area contributed by atoms with Gasteiger partial charge in [-0.2, -0.15) is 0 Å². The Bertz CT molecular complexity index is 155. The Labute approximate surface area is 94.8 Å². The SMILES string of the molecule is CCCC(NCC)C1CCOC(CC)C1. The Morgan fingerprint density at radius 1 is 1.33 bits per heavy atom. The predicted octanol–water partition coefficient (Wildman–Crippen LogP) is 2.97. The van der Waals surface area contributed by atoms with E-state index in [1.54, 1.807) is 0 Å². The first-order valence-corrected chi connectivity index (χ1v) is 6.66. The van der Waals surface area contributed by atoms with Crippen LogP contribution in [0.5, 0.6) is 0 Å². The Morgan fingerprint density at radius 2 is 2.13 bits per heavy atom. The van der Waals surface area contributed by atoms with Crippen LogP contribution in [0, 0.1) is 5.92 Å². The quantitative estimate of drug-likeness (QED) is 0.732. The van der Waals surface area contributed by atoms with Crippen molar-refractivity contribution in [2.45, 2.75) is 65.0 Å². The fraction of sp³-hybridized carbons (Fsp3) is 1.00. The Morgan fingerprint density at radius 3 is 2.73 bits per heavy atom. The first kappa shape index (κ1) is 13.0. The smallest absolute Gasteiger partial charge is 0.0575 e. The van der Waals surface area contributed by atoms with Gasteiger partial charge in [-0.3, -0.25) is 0 Å². The third kappa shape index (κ3) is 4.12. The maximum Gasteiger partial charge on any atom is 0.0575 e. The molecule has 0 bridgehead atoms. The first-order chi connectivity index (χ1) is 7.31. The molecule has 1 fully saturated rings. The van der Waals surface area contributed by atoms with Crippen LogP contribution in [0.25, 0.3) is 0 Å². The molecule has 1 aliphatic heterocycles. The third-order valence-electron chi connectivity index (χ3n) is 3.50. The molecule has 1 heterocycles. The van der Waals surface area contributed by atoms with Crippen molar-refractivity contribution in [2.75, 3.05) is 13.2 Å². The van der Waals surface area contributed by atoms with Crippen LogP contribution in [0.2, 0.25) is 0 Å². The molecule has 0 amide bonds. The van der Waals surface area contributed by atoms with Crippen LogP contribution >= 0.6 is 0 Å². The standard InChI is InChI=1S/C13H27NO/c1-4-7-13(14-6-3)11-8-9-15-12(5-2)10-11/h11-14H,4-10H2,1-3H3. The molecule has 0 aromatic carbocycles. The lowest BCUT2D eigenvalue weighted by Gasteiger charge is -2.34. The first-order valence-electron chi connectivity index (χ1n) is 6.66. The van der Waals surface area contributed by atoms with E-state index in [0.717, 1.165) is 25.1 Å². The average molecular weight is 213 g/mol. The summed E-state index contributed by atoms with van der Waals surface area (Å²) in [6.45, 7) is 8.78. The minimum atomic E-state index is 0.516. The van der Waals surface area contributed by atoms with E-state index >= 15 is 0 Å². The van der Waals surface area contributed by atoms with E-state index < -0.39 is 0 Å². The van der Waals surface area contributed by atoms with Crippen LogP contribution in [-0.4, -0.2) is 25.3 Å². The molecule has 15 heavy (non-hydrogen) atoms. The molecule has 0 spiro atoms. The summed E-state index contributed by atoms with van der Waals surface area (Å²) in [6.07, 6.45) is 6.78. The molecule has 0 radical (unpaired) electrons. The number of ether oxygens (including phenoxy) is 1. The van der Waals surface area contributed by atoms with Crippen LogP contribution in [0.4, 0.5) is 0 Å². The van der Waals surface area contributed by atoms with E-state index in [0.29, 0.717) is 6.10 Å². The molecule has 0 aromatic heterocycles. The van der Waals surface area contributed by atoms with Gasteiger partial charge in [0.15, 0.2) is 0 Å². The second-order valence-corrected chi connectivity index (χ2v) is 4.64. The lowest BCUT2D eigenvalue weighted by molar-refractivity contribution is -0.0192. The summed E-state index contributed by atoms with van der Waals surface area (Å²) in [7, 11) is 0. The molecule has 3 unspecified atom stereocenters. The summed E-state index contributed by atoms with van der Waals surface area (Å²) in [6, 6.07) is 0.720. The lowest BCUT2D eigenvalue weighted by Crippen LogP contribution is -2.41. The molecule has 1 N–H and O–H groups in total. The molecule has 0 aliphatic carbocycles. The number of hydrogen-bond acceptors (Lipinski definition) is 2. The summed E-state index contributed by atoms with van der Waals surface area (Å²) in [5.41, 5.74) is 0. The zero-order valence-electron chi connectivity index (χ0n) is 10.6. The molecular formula is C13H27NO. The van der Waals surface area contributed by atoms with Crippen molar-refractivity contribution in [3.8, 4) is 0 Å². The highest BCUT2D eigenvalue weighted by atomic mass is 16.5. The number of nitrogens with one attached hydrogen (secondary N) is 1. The van der Waals surface area contributed by atoms with Gasteiger partial charge in [0.05, 0.1) is 6.10 Å². The van der Waals surface area contributed by atoms with Gasteiger partial charge in [-0.1, -0.05) is 27.2 Å². The molecule has 1 aliphatic rings. The average Bonchev–Trinajstić information content (AvgIpc) is 2.29. The van der Waals surface area contributed by atoms with Gasteiger partial charge in [0.2, 0.25) is 0 Å². The summed E-state index contributed by atoms with van der Waals surface area (Å²) >= 11 is 0. The van der Waals surface area contributed by atoms with Gasteiger partial charge >= 0.3 is 0 Å². The Hall–Kier alpha value is -0.0800. The minimum absolute atomic E-state index is 0.516. The predicted molar refractivity (Wildman–Crippen MR) is 65.1 cm³/mol. The molecule has 2 heteroatoms. The van der Waals surface area contributed by atoms with Crippen molar-refractivity contribution >= 4 is 0 Å². The highest BCUT2D eigenvalue weighted by Crippen LogP contribution is 2.26. The van der Waals surface area contributed by atoms with Gasteiger partial charge in [-0.05, 0) is 38.1 Å². The monoisotopic (exact) mass is 213 g/mol. The Kier molecular flexibility index (Phi) is 6.26. The second-order valence-electron chi connectivity index (χ2n) is 4.64. The summed E-state index contributed by atoms with van der Waals surface area (Å²) in [5, 5.41) is 3.64. The normalized spacial score (nSPS) is 29.0. The maximum atomic E-state index is 5.74. The molecule has 1 rings (SSSR count). The lowest BCUT2D eigenvalue weighted by atomic mass is 9.85. The number of hydrogen-bond donors (Lipinski definition) is 1. The zero-order valence-corrected chi connectivity index (χ0v) is 10.6. The van der Waals surface area contributed by atoms with Crippen molar-refractivity contribution in [1.82, 2.24) is 5.32 Å². The van der Waals surface area contributed by atoms with E-state index in [1.807, 2.05) is 0 Å². The van der Waals surface area contributed by atoms with E-state index in [1.165, 1.54) is 32.1 Å². The molecular weight excluding hydrogens is 186 g/mol. The van der Waals surface area contributed by atoms with E-state index in [9.17, 15) is 0 Å². The fourth-order valence-electron chi connectivity index (χ4n) is 2.64. The molecule has 0 aromatic rings. The van der Waals surface area contributed by atoms with Crippen LogP contribution in [-0.2, 0) is 4.74 Å². The topological polar surface area (TPSA) is 21.3 Å². The Balaban J connectivity index is 2.42. The van der Waals surface area contributed by atoms with Crippen LogP contribution in [0.1, 0.15) is 52.9 Å². The highest BCUT2D eigenvalue weighted by molar-refractivity contribution is 4.81. The fourth-order valence-corrected chi connectivity index (χ4v) is 2.64. The maximum absolute atomic E-state index is 5.74. The van der Waals surface area contributed by atoms with Crippen molar-refractivity contribution in [2.24, 2.45) is 5.92 Å². The van der Waals surface area contributed by atoms with Crippen LogP contribution < -0.4 is 5.32 Å². The van der Waals surface area contributed by atoms with Crippen LogP contribution in [0.15, 0.2) is 0 Å². The van der Waals surface area contributed by atoms with Gasteiger partial charge in [0, 0.05) is 12.6 Å². The van der Waals surface area contributed by atoms with Gasteiger partial charge < -0.3 is 10.1 Å². The van der Waals surface area contributed by atoms with Gasteiger partial charge in [0.1, 0.15) is 0 Å². The van der Waals surface area contributed by atoms with Gasteiger partial charge in [-0.25, -0.2) is 0 Å². The largest absolute Gasteiger partial charge is 0.378 e. The van der Waals surface area contributed by atoms with Crippen LogP contribution in [0.3, 0.4) is 0 Å². The number of rotatable bonds is 6. The molecule has 2 nitrogen and oxygen atoms in total. The van der Waals surface area contributed by atoms with Crippen molar-refractivity contribution in [1.29, 1.82) is 0 Å². The summed E-state index contributed by atoms with van der Waals surface area (Å²) < 4.78 is 5.74. The second kappa shape index (κ2) is 7.24. The molecule has 90 valence electrons. The summed E-state index contributed by atoms with van der Waals surface area (Å²) in [4.78, 5) is 0. The molecule has 1 saturated heterocycles. The molecule has 3 atom stereocenters. The van der Waals surface area contributed by atoms with Gasteiger partial charge in [-0.15, -0.1) is 0 Å². The van der Waals surface area contributed by atoms with Crippen molar-refractivity contribution < 1.29 is 4.74 Å². The van der Waals surface area contributed by atoms with E-state index in [-0.39, 0.29) is 0 Å². The zero-order chi connectivity index (χ0) is 11.1. The van der Waals surface area contributed by atoms with Crippen molar-refractivity contribution in [3.05, 3.63) is 0 Å². The third-order valence-corrected chi connectivity index (χ3v) is 3.50.